The van der Waals surface area contributed by atoms with Crippen molar-refractivity contribution < 1.29 is 0 Å². The number of nitrogens with zero attached hydrogens (tertiary/aromatic N) is 1. The van der Waals surface area contributed by atoms with Crippen molar-refractivity contribution in [2.24, 2.45) is 5.92 Å². The maximum atomic E-state index is 3.71. The Kier molecular flexibility index (Phi) is 4.66. The van der Waals surface area contributed by atoms with Gasteiger partial charge in [-0.1, -0.05) is 26.7 Å². The molecule has 1 saturated carbocycles. The van der Waals surface area contributed by atoms with Gasteiger partial charge in [-0.25, -0.2) is 0 Å². The van der Waals surface area contributed by atoms with Crippen molar-refractivity contribution in [2.75, 3.05) is 19.6 Å². The van der Waals surface area contributed by atoms with Gasteiger partial charge in [-0.2, -0.15) is 0 Å². The van der Waals surface area contributed by atoms with Crippen LogP contribution in [0.25, 0.3) is 0 Å². The van der Waals surface area contributed by atoms with Crippen molar-refractivity contribution in [1.29, 1.82) is 0 Å². The fraction of sp³-hybridized carbons (Fsp3) is 1.00. The Labute approximate surface area is 101 Å². The summed E-state index contributed by atoms with van der Waals surface area (Å²) in [4.78, 5) is 2.79. The first kappa shape index (κ1) is 12.4. The molecular formula is C14H28N2. The molecule has 1 heterocycles. The van der Waals surface area contributed by atoms with Crippen LogP contribution in [-0.2, 0) is 0 Å². The number of nitrogens with one attached hydrogen (secondary N) is 1. The summed E-state index contributed by atoms with van der Waals surface area (Å²) in [5, 5.41) is 3.71. The summed E-state index contributed by atoms with van der Waals surface area (Å²) in [5.41, 5.74) is 0. The van der Waals surface area contributed by atoms with E-state index in [1.165, 1.54) is 58.2 Å². The Balaban J connectivity index is 1.91. The smallest absolute Gasteiger partial charge is 0.0195 e. The summed E-state index contributed by atoms with van der Waals surface area (Å²) in [6.45, 7) is 8.59. The van der Waals surface area contributed by atoms with Gasteiger partial charge in [0.05, 0.1) is 0 Å². The van der Waals surface area contributed by atoms with Gasteiger partial charge in [-0.15, -0.1) is 0 Å². The average molecular weight is 224 g/mol. The summed E-state index contributed by atoms with van der Waals surface area (Å²) < 4.78 is 0. The Morgan fingerprint density at radius 2 is 2.12 bits per heavy atom. The lowest BCUT2D eigenvalue weighted by atomic mass is 10.0. The van der Waals surface area contributed by atoms with E-state index < -0.39 is 0 Å². The monoisotopic (exact) mass is 224 g/mol. The molecule has 2 nitrogen and oxygen atoms in total. The first-order valence-corrected chi connectivity index (χ1v) is 7.28. The maximum absolute atomic E-state index is 3.71. The van der Waals surface area contributed by atoms with E-state index in [2.05, 4.69) is 24.1 Å². The normalized spacial score (nSPS) is 37.5. The van der Waals surface area contributed by atoms with E-state index in [1.54, 1.807) is 0 Å². The topological polar surface area (TPSA) is 15.3 Å². The zero-order valence-electron chi connectivity index (χ0n) is 11.0. The van der Waals surface area contributed by atoms with Crippen LogP contribution in [0.3, 0.4) is 0 Å². The molecule has 1 aliphatic heterocycles. The summed E-state index contributed by atoms with van der Waals surface area (Å²) in [5.74, 6) is 0.931. The zero-order valence-corrected chi connectivity index (χ0v) is 11.0. The number of hydrogen-bond donors (Lipinski definition) is 1. The van der Waals surface area contributed by atoms with Gasteiger partial charge in [0.2, 0.25) is 0 Å². The molecule has 0 radical (unpaired) electrons. The van der Waals surface area contributed by atoms with Crippen LogP contribution in [0.1, 0.15) is 52.4 Å². The Hall–Kier alpha value is -0.0800. The van der Waals surface area contributed by atoms with E-state index >= 15 is 0 Å². The van der Waals surface area contributed by atoms with Gasteiger partial charge in [-0.05, 0) is 44.7 Å². The lowest BCUT2D eigenvalue weighted by Crippen LogP contribution is -2.43. The third kappa shape index (κ3) is 2.98. The van der Waals surface area contributed by atoms with Crippen molar-refractivity contribution in [3.63, 3.8) is 0 Å². The SMILES string of the molecule is CCCC1CN(C2CCCC2C)CCCN1. The van der Waals surface area contributed by atoms with Crippen molar-refractivity contribution in [3.8, 4) is 0 Å². The quantitative estimate of drug-likeness (QED) is 0.793. The van der Waals surface area contributed by atoms with Crippen LogP contribution >= 0.6 is 0 Å². The van der Waals surface area contributed by atoms with Gasteiger partial charge in [-0.3, -0.25) is 4.90 Å². The molecule has 3 atom stereocenters. The highest BCUT2D eigenvalue weighted by Gasteiger charge is 2.30. The van der Waals surface area contributed by atoms with Crippen LogP contribution in [0, 0.1) is 5.92 Å². The van der Waals surface area contributed by atoms with Gasteiger partial charge in [0.25, 0.3) is 0 Å². The molecule has 3 unspecified atom stereocenters. The van der Waals surface area contributed by atoms with Crippen LogP contribution in [0.4, 0.5) is 0 Å². The molecule has 2 fully saturated rings. The molecule has 0 aromatic carbocycles. The average Bonchev–Trinajstić information content (AvgIpc) is 2.56. The molecule has 94 valence electrons. The summed E-state index contributed by atoms with van der Waals surface area (Å²) in [7, 11) is 0. The highest BCUT2D eigenvalue weighted by Crippen LogP contribution is 2.30. The standard InChI is InChI=1S/C14H28N2/c1-3-6-13-11-16(10-5-9-15-13)14-8-4-7-12(14)2/h12-15H,3-11H2,1-2H3. The summed E-state index contributed by atoms with van der Waals surface area (Å²) >= 11 is 0. The molecular weight excluding hydrogens is 196 g/mol. The summed E-state index contributed by atoms with van der Waals surface area (Å²) in [6, 6.07) is 1.64. The van der Waals surface area contributed by atoms with Crippen molar-refractivity contribution in [1.82, 2.24) is 10.2 Å². The van der Waals surface area contributed by atoms with E-state index in [-0.39, 0.29) is 0 Å². The Morgan fingerprint density at radius 3 is 2.81 bits per heavy atom. The minimum Gasteiger partial charge on any atom is -0.313 e. The second kappa shape index (κ2) is 6.02. The first-order chi connectivity index (χ1) is 7.81. The number of hydrogen-bond acceptors (Lipinski definition) is 2. The van der Waals surface area contributed by atoms with Crippen molar-refractivity contribution >= 4 is 0 Å². The predicted molar refractivity (Wildman–Crippen MR) is 69.7 cm³/mol. The molecule has 0 aromatic rings. The van der Waals surface area contributed by atoms with Gasteiger partial charge >= 0.3 is 0 Å². The van der Waals surface area contributed by atoms with Gasteiger partial charge in [0, 0.05) is 18.6 Å². The van der Waals surface area contributed by atoms with Crippen LogP contribution in [0.2, 0.25) is 0 Å². The van der Waals surface area contributed by atoms with Crippen LogP contribution in [-0.4, -0.2) is 36.6 Å². The number of rotatable bonds is 3. The van der Waals surface area contributed by atoms with Gasteiger partial charge in [0.15, 0.2) is 0 Å². The molecule has 1 N–H and O–H groups in total. The van der Waals surface area contributed by atoms with E-state index in [4.69, 9.17) is 0 Å². The molecule has 2 aliphatic rings. The largest absolute Gasteiger partial charge is 0.313 e. The maximum Gasteiger partial charge on any atom is 0.0195 e. The molecule has 1 aliphatic carbocycles. The minimum atomic E-state index is 0.750. The molecule has 0 amide bonds. The van der Waals surface area contributed by atoms with Gasteiger partial charge < -0.3 is 5.32 Å². The molecule has 0 bridgehead atoms. The Morgan fingerprint density at radius 1 is 1.25 bits per heavy atom. The lowest BCUT2D eigenvalue weighted by Gasteiger charge is -2.32. The molecule has 16 heavy (non-hydrogen) atoms. The molecule has 2 heteroatoms. The predicted octanol–water partition coefficient (Wildman–Crippen LogP) is 2.64. The Bertz CT molecular complexity index is 205. The highest BCUT2D eigenvalue weighted by atomic mass is 15.2. The third-order valence-electron chi connectivity index (χ3n) is 4.43. The lowest BCUT2D eigenvalue weighted by molar-refractivity contribution is 0.161. The van der Waals surface area contributed by atoms with Crippen LogP contribution in [0.5, 0.6) is 0 Å². The fourth-order valence-electron chi connectivity index (χ4n) is 3.54. The second-order valence-electron chi connectivity index (χ2n) is 5.76. The molecule has 1 saturated heterocycles. The minimum absolute atomic E-state index is 0.750. The molecule has 0 spiro atoms. The summed E-state index contributed by atoms with van der Waals surface area (Å²) in [6.07, 6.45) is 8.34. The van der Waals surface area contributed by atoms with Crippen LogP contribution in [0.15, 0.2) is 0 Å². The zero-order chi connectivity index (χ0) is 11.4. The van der Waals surface area contributed by atoms with Gasteiger partial charge in [0.1, 0.15) is 0 Å². The van der Waals surface area contributed by atoms with E-state index in [0.717, 1.165) is 18.0 Å². The van der Waals surface area contributed by atoms with Crippen molar-refractivity contribution in [3.05, 3.63) is 0 Å². The molecule has 0 aromatic heterocycles. The molecule has 2 rings (SSSR count). The van der Waals surface area contributed by atoms with Crippen molar-refractivity contribution in [2.45, 2.75) is 64.5 Å². The first-order valence-electron chi connectivity index (χ1n) is 7.28. The van der Waals surface area contributed by atoms with E-state index in [0.29, 0.717) is 0 Å². The fourth-order valence-corrected chi connectivity index (χ4v) is 3.54. The highest BCUT2D eigenvalue weighted by molar-refractivity contribution is 4.87. The van der Waals surface area contributed by atoms with Crippen LogP contribution < -0.4 is 5.32 Å². The van der Waals surface area contributed by atoms with E-state index in [9.17, 15) is 0 Å². The second-order valence-corrected chi connectivity index (χ2v) is 5.76. The third-order valence-corrected chi connectivity index (χ3v) is 4.43. The van der Waals surface area contributed by atoms with E-state index in [1.807, 2.05) is 0 Å².